The molecule has 0 radical (unpaired) electrons. The molecule has 2 rings (SSSR count). The first kappa shape index (κ1) is 36.0. The number of hydrogen-bond donors (Lipinski definition) is 2. The van der Waals surface area contributed by atoms with Gasteiger partial charge < -0.3 is 33.7 Å². The van der Waals surface area contributed by atoms with Crippen LogP contribution in [0, 0.1) is 17.8 Å². The van der Waals surface area contributed by atoms with Gasteiger partial charge in [-0.1, -0.05) is 13.8 Å². The van der Waals surface area contributed by atoms with Gasteiger partial charge >= 0.3 is 5.97 Å². The Morgan fingerprint density at radius 1 is 1.14 bits per heavy atom. The molecule has 0 spiro atoms. The Labute approximate surface area is 251 Å². The molecular formula is C31H54N2O9. The number of carbonyl (C=O) groups excluding carboxylic acids is 3. The second-order valence-corrected chi connectivity index (χ2v) is 13.3. The third-order valence-electron chi connectivity index (χ3n) is 7.87. The van der Waals surface area contributed by atoms with Gasteiger partial charge in [-0.05, 0) is 81.3 Å². The minimum atomic E-state index is -1.22. The van der Waals surface area contributed by atoms with Crippen LogP contribution in [0.25, 0.3) is 0 Å². The Morgan fingerprint density at radius 2 is 1.81 bits per heavy atom. The summed E-state index contributed by atoms with van der Waals surface area (Å²) >= 11 is 0. The van der Waals surface area contributed by atoms with Crippen molar-refractivity contribution in [2.45, 2.75) is 123 Å². The maximum atomic E-state index is 13.6. The van der Waals surface area contributed by atoms with Crippen molar-refractivity contribution in [1.82, 2.24) is 10.2 Å². The van der Waals surface area contributed by atoms with Gasteiger partial charge in [0.2, 0.25) is 11.8 Å². The van der Waals surface area contributed by atoms with Crippen molar-refractivity contribution >= 4 is 17.7 Å². The van der Waals surface area contributed by atoms with Crippen LogP contribution in [-0.4, -0.2) is 90.7 Å². The lowest BCUT2D eigenvalue weighted by molar-refractivity contribution is -0.255. The molecule has 0 aromatic rings. The first-order valence-corrected chi connectivity index (χ1v) is 15.1. The summed E-state index contributed by atoms with van der Waals surface area (Å²) in [6, 6.07) is 0.219. The molecule has 5 unspecified atom stereocenters. The second kappa shape index (κ2) is 15.5. The van der Waals surface area contributed by atoms with Crippen molar-refractivity contribution in [3.63, 3.8) is 0 Å². The molecular weight excluding hydrogens is 544 g/mol. The standard InChI is InChI=1S/C31H54N2O9/c1-19-13-11-12-14-38-24(32-28(19)35)17-40-31(7,8)27(42-25-16-23(33(9)10)15-20(2)41-25)21(3)26(34)22(4)29(36)39-18-30(5,6)37/h17,19-23,25,27,37H,11-16,18H2,1-10H3,(H,32,35)/b24-17-/t19?,20?,21-,22?,23?,25?,27+/m0/s1. The topological polar surface area (TPSA) is 133 Å². The smallest absolute Gasteiger partial charge is 0.316 e. The fourth-order valence-electron chi connectivity index (χ4n) is 5.14. The van der Waals surface area contributed by atoms with Crippen LogP contribution < -0.4 is 5.32 Å². The number of hydrogen-bond acceptors (Lipinski definition) is 10. The molecule has 11 heteroatoms. The van der Waals surface area contributed by atoms with Crippen LogP contribution in [0.1, 0.15) is 87.5 Å². The van der Waals surface area contributed by atoms with Crippen molar-refractivity contribution < 1.29 is 43.2 Å². The van der Waals surface area contributed by atoms with Crippen LogP contribution in [0.15, 0.2) is 12.1 Å². The minimum Gasteiger partial charge on any atom is -0.487 e. The number of esters is 1. The highest BCUT2D eigenvalue weighted by Crippen LogP contribution is 2.33. The van der Waals surface area contributed by atoms with E-state index >= 15 is 0 Å². The van der Waals surface area contributed by atoms with E-state index in [1.165, 1.54) is 27.0 Å². The molecule has 2 heterocycles. The number of aliphatic hydroxyl groups is 1. The lowest BCUT2D eigenvalue weighted by atomic mass is 9.83. The van der Waals surface area contributed by atoms with Crippen LogP contribution in [0.5, 0.6) is 0 Å². The van der Waals surface area contributed by atoms with E-state index in [2.05, 4.69) is 10.2 Å². The van der Waals surface area contributed by atoms with Crippen LogP contribution in [0.4, 0.5) is 0 Å². The number of amides is 1. The summed E-state index contributed by atoms with van der Waals surface area (Å²) in [5.74, 6) is -3.14. The van der Waals surface area contributed by atoms with Gasteiger partial charge in [0.05, 0.1) is 18.3 Å². The number of ketones is 1. The second-order valence-electron chi connectivity index (χ2n) is 13.3. The molecule has 2 aliphatic heterocycles. The summed E-state index contributed by atoms with van der Waals surface area (Å²) in [7, 11) is 4.02. The van der Waals surface area contributed by atoms with Crippen LogP contribution in [-0.2, 0) is 38.1 Å². The molecule has 0 aromatic carbocycles. The van der Waals surface area contributed by atoms with Gasteiger partial charge in [-0.3, -0.25) is 19.7 Å². The van der Waals surface area contributed by atoms with Crippen LogP contribution in [0.3, 0.4) is 0 Å². The molecule has 11 nitrogen and oxygen atoms in total. The highest BCUT2D eigenvalue weighted by atomic mass is 16.7. The molecule has 0 bridgehead atoms. The van der Waals surface area contributed by atoms with Crippen molar-refractivity contribution in [2.75, 3.05) is 27.3 Å². The molecule has 7 atom stereocenters. The first-order chi connectivity index (χ1) is 19.4. The van der Waals surface area contributed by atoms with Crippen LogP contribution >= 0.6 is 0 Å². The molecule has 0 saturated carbocycles. The van der Waals surface area contributed by atoms with Gasteiger partial charge in [0.1, 0.15) is 30.5 Å². The fourth-order valence-corrected chi connectivity index (χ4v) is 5.14. The van der Waals surface area contributed by atoms with Gasteiger partial charge in [-0.25, -0.2) is 0 Å². The van der Waals surface area contributed by atoms with E-state index in [1.807, 2.05) is 27.9 Å². The molecule has 2 saturated heterocycles. The predicted molar refractivity (Wildman–Crippen MR) is 157 cm³/mol. The molecule has 2 aliphatic rings. The number of nitrogens with zero attached hydrogens (tertiary/aromatic N) is 1. The largest absolute Gasteiger partial charge is 0.487 e. The zero-order valence-electron chi connectivity index (χ0n) is 27.2. The summed E-state index contributed by atoms with van der Waals surface area (Å²) in [6.07, 6.45) is 3.73. The number of Topliss-reactive ketones (excluding diaryl/α,β-unsaturated/α-hetero) is 1. The summed E-state index contributed by atoms with van der Waals surface area (Å²) in [5.41, 5.74) is -2.34. The number of ether oxygens (including phenoxy) is 5. The quantitative estimate of drug-likeness (QED) is 0.195. The average Bonchev–Trinajstić information content (AvgIpc) is 2.97. The van der Waals surface area contributed by atoms with Crippen molar-refractivity contribution in [3.8, 4) is 0 Å². The lowest BCUT2D eigenvalue weighted by Crippen LogP contribution is -2.52. The van der Waals surface area contributed by atoms with E-state index in [4.69, 9.17) is 23.7 Å². The van der Waals surface area contributed by atoms with E-state index < -0.39 is 41.4 Å². The molecule has 2 N–H and O–H groups in total. The van der Waals surface area contributed by atoms with E-state index in [0.29, 0.717) is 13.0 Å². The normalized spacial score (nSPS) is 27.5. The fraction of sp³-hybridized carbons (Fsp3) is 0.839. The Balaban J connectivity index is 2.32. The Morgan fingerprint density at radius 3 is 2.43 bits per heavy atom. The minimum absolute atomic E-state index is 0.0610. The molecule has 0 aromatic heterocycles. The van der Waals surface area contributed by atoms with E-state index in [0.717, 1.165) is 25.7 Å². The maximum Gasteiger partial charge on any atom is 0.316 e. The average molecular weight is 599 g/mol. The Kier molecular flexibility index (Phi) is 13.3. The number of nitrogens with one attached hydrogen (secondary N) is 1. The maximum absolute atomic E-state index is 13.6. The van der Waals surface area contributed by atoms with Crippen LogP contribution in [0.2, 0.25) is 0 Å². The summed E-state index contributed by atoms with van der Waals surface area (Å²) < 4.78 is 29.9. The molecule has 42 heavy (non-hydrogen) atoms. The van der Waals surface area contributed by atoms with Gasteiger partial charge in [0.15, 0.2) is 12.1 Å². The zero-order chi connectivity index (χ0) is 31.8. The summed E-state index contributed by atoms with van der Waals surface area (Å²) in [4.78, 5) is 41.1. The van der Waals surface area contributed by atoms with Gasteiger partial charge in [-0.2, -0.15) is 0 Å². The van der Waals surface area contributed by atoms with Crippen molar-refractivity contribution in [1.29, 1.82) is 0 Å². The third kappa shape index (κ3) is 11.1. The van der Waals surface area contributed by atoms with Crippen molar-refractivity contribution in [3.05, 3.63) is 12.1 Å². The van der Waals surface area contributed by atoms with E-state index in [-0.39, 0.29) is 42.2 Å². The summed E-state index contributed by atoms with van der Waals surface area (Å²) in [5, 5.41) is 12.7. The highest BCUT2D eigenvalue weighted by molar-refractivity contribution is 5.99. The van der Waals surface area contributed by atoms with Gasteiger partial charge in [0.25, 0.3) is 0 Å². The predicted octanol–water partition coefficient (Wildman–Crippen LogP) is 3.53. The monoisotopic (exact) mass is 598 g/mol. The summed E-state index contributed by atoms with van der Waals surface area (Å²) in [6.45, 7) is 13.8. The Bertz CT molecular complexity index is 943. The third-order valence-corrected chi connectivity index (χ3v) is 7.87. The highest BCUT2D eigenvalue weighted by Gasteiger charge is 2.45. The van der Waals surface area contributed by atoms with Gasteiger partial charge in [0, 0.05) is 24.3 Å². The molecule has 242 valence electrons. The van der Waals surface area contributed by atoms with Crippen molar-refractivity contribution in [2.24, 2.45) is 17.8 Å². The van der Waals surface area contributed by atoms with E-state index in [1.54, 1.807) is 20.8 Å². The zero-order valence-corrected chi connectivity index (χ0v) is 27.2. The van der Waals surface area contributed by atoms with Gasteiger partial charge in [-0.15, -0.1) is 0 Å². The number of rotatable bonds is 12. The molecule has 2 fully saturated rings. The molecule has 1 amide bonds. The Hall–Kier alpha value is -2.21. The molecule has 0 aliphatic carbocycles. The van der Waals surface area contributed by atoms with E-state index in [9.17, 15) is 19.5 Å². The lowest BCUT2D eigenvalue weighted by Gasteiger charge is -2.43. The number of carbonyl (C=O) groups is 3. The SMILES string of the molecule is CC1CC(N(C)C)CC(O[C@H]([C@@H](C)C(=O)C(C)C(=O)OCC(C)(C)O)C(C)(C)O/C=C2/NC(=O)C(C)CCCCO2)O1. The first-order valence-electron chi connectivity index (χ1n) is 15.1.